The average molecular weight is 409 g/mol. The summed E-state index contributed by atoms with van der Waals surface area (Å²) in [4.78, 5) is 14.1. The molecule has 0 saturated carbocycles. The van der Waals surface area contributed by atoms with Crippen LogP contribution in [0.4, 0.5) is 0 Å². The van der Waals surface area contributed by atoms with Gasteiger partial charge < -0.3 is 0 Å². The van der Waals surface area contributed by atoms with Gasteiger partial charge in [0.1, 0.15) is 0 Å². The normalized spacial score (nSPS) is 13.4. The van der Waals surface area contributed by atoms with E-state index in [0.717, 1.165) is 44.5 Å². The summed E-state index contributed by atoms with van der Waals surface area (Å²) >= 11 is 0. The molecule has 4 aromatic carbocycles. The number of carbonyl (C=O) groups is 1. The van der Waals surface area contributed by atoms with Crippen molar-refractivity contribution in [2.24, 2.45) is 0 Å². The third kappa shape index (κ3) is 3.39. The summed E-state index contributed by atoms with van der Waals surface area (Å²) in [5.74, 6) is 2.76. The Hall–Kier alpha value is -4.41. The second-order valence-electron chi connectivity index (χ2n) is 7.65. The Morgan fingerprint density at radius 1 is 0.469 bits per heavy atom. The van der Waals surface area contributed by atoms with Gasteiger partial charge in [0.2, 0.25) is 0 Å². The topological polar surface area (TPSA) is 17.1 Å². The molecule has 0 spiro atoms. The number of allylic oxidation sites excluding steroid dienone is 4. The first kappa shape index (κ1) is 19.5. The lowest BCUT2D eigenvalue weighted by molar-refractivity contribution is -0.108. The molecule has 0 atom stereocenters. The molecule has 32 heavy (non-hydrogen) atoms. The van der Waals surface area contributed by atoms with E-state index in [1.165, 1.54) is 0 Å². The molecule has 0 aliphatic heterocycles. The SMILES string of the molecule is C#Cc1cccc(C2=C(c3ccccc3)C(=O)C(c3ccccc3)=C2c2ccccc2)c1. The number of ketones is 1. The van der Waals surface area contributed by atoms with E-state index in [1.54, 1.807) is 0 Å². The smallest absolute Gasteiger partial charge is 0.195 e. The minimum absolute atomic E-state index is 0.0300. The van der Waals surface area contributed by atoms with Gasteiger partial charge in [0, 0.05) is 27.9 Å². The zero-order valence-corrected chi connectivity index (χ0v) is 17.5. The molecule has 0 saturated heterocycles. The lowest BCUT2D eigenvalue weighted by Crippen LogP contribution is -2.01. The number of terminal acetylenes is 1. The summed E-state index contributed by atoms with van der Waals surface area (Å²) in [6.45, 7) is 0. The van der Waals surface area contributed by atoms with Crippen molar-refractivity contribution in [3.63, 3.8) is 0 Å². The highest BCUT2D eigenvalue weighted by atomic mass is 16.1. The largest absolute Gasteiger partial charge is 0.289 e. The van der Waals surface area contributed by atoms with Gasteiger partial charge in [-0.15, -0.1) is 6.42 Å². The number of hydrogen-bond donors (Lipinski definition) is 0. The van der Waals surface area contributed by atoms with E-state index in [4.69, 9.17) is 6.42 Å². The van der Waals surface area contributed by atoms with Crippen LogP contribution in [0.25, 0.3) is 22.3 Å². The Balaban J connectivity index is 1.89. The van der Waals surface area contributed by atoms with Crippen LogP contribution in [0, 0.1) is 12.3 Å². The fourth-order valence-corrected chi connectivity index (χ4v) is 4.31. The lowest BCUT2D eigenvalue weighted by atomic mass is 9.88. The average Bonchev–Trinajstić information content (AvgIpc) is 3.18. The molecule has 5 rings (SSSR count). The van der Waals surface area contributed by atoms with E-state index in [1.807, 2.05) is 103 Å². The molecule has 0 amide bonds. The van der Waals surface area contributed by atoms with Gasteiger partial charge in [0.15, 0.2) is 5.78 Å². The van der Waals surface area contributed by atoms with E-state index >= 15 is 0 Å². The Morgan fingerprint density at radius 2 is 0.875 bits per heavy atom. The molecule has 0 aromatic heterocycles. The van der Waals surface area contributed by atoms with E-state index in [9.17, 15) is 4.79 Å². The Bertz CT molecular complexity index is 1400. The summed E-state index contributed by atoms with van der Waals surface area (Å²) < 4.78 is 0. The van der Waals surface area contributed by atoms with Crippen LogP contribution in [0.15, 0.2) is 115 Å². The van der Waals surface area contributed by atoms with E-state index in [0.29, 0.717) is 5.57 Å². The van der Waals surface area contributed by atoms with E-state index in [-0.39, 0.29) is 5.78 Å². The molecule has 0 radical (unpaired) electrons. The number of hydrogen-bond acceptors (Lipinski definition) is 1. The van der Waals surface area contributed by atoms with Gasteiger partial charge in [-0.2, -0.15) is 0 Å². The van der Waals surface area contributed by atoms with Crippen LogP contribution >= 0.6 is 0 Å². The maximum Gasteiger partial charge on any atom is 0.195 e. The zero-order chi connectivity index (χ0) is 21.9. The van der Waals surface area contributed by atoms with Gasteiger partial charge in [-0.1, -0.05) is 109 Å². The molecule has 0 bridgehead atoms. The van der Waals surface area contributed by atoms with Crippen molar-refractivity contribution >= 4 is 28.1 Å². The fraction of sp³-hybridized carbons (Fsp3) is 0. The van der Waals surface area contributed by atoms with Crippen LogP contribution < -0.4 is 0 Å². The van der Waals surface area contributed by atoms with Gasteiger partial charge in [-0.25, -0.2) is 0 Å². The molecule has 150 valence electrons. The van der Waals surface area contributed by atoms with Crippen molar-refractivity contribution in [1.82, 2.24) is 0 Å². The highest BCUT2D eigenvalue weighted by molar-refractivity contribution is 6.59. The first-order valence-electron chi connectivity index (χ1n) is 10.5. The highest BCUT2D eigenvalue weighted by Crippen LogP contribution is 2.49. The molecule has 0 fully saturated rings. The predicted molar refractivity (Wildman–Crippen MR) is 132 cm³/mol. The minimum Gasteiger partial charge on any atom is -0.289 e. The Kier molecular flexibility index (Phi) is 5.12. The van der Waals surface area contributed by atoms with Gasteiger partial charge in [0.25, 0.3) is 0 Å². The molecular weight excluding hydrogens is 388 g/mol. The fourth-order valence-electron chi connectivity index (χ4n) is 4.31. The number of Topliss-reactive ketones (excluding diaryl/α,β-unsaturated/α-hetero) is 1. The molecule has 1 aliphatic carbocycles. The van der Waals surface area contributed by atoms with Crippen LogP contribution in [-0.4, -0.2) is 5.78 Å². The second kappa shape index (κ2) is 8.38. The molecule has 0 N–H and O–H groups in total. The summed E-state index contributed by atoms with van der Waals surface area (Å²) in [5.41, 5.74) is 7.83. The van der Waals surface area contributed by atoms with Crippen molar-refractivity contribution in [2.45, 2.75) is 0 Å². The minimum atomic E-state index is 0.0300. The van der Waals surface area contributed by atoms with Gasteiger partial charge in [-0.3, -0.25) is 4.79 Å². The van der Waals surface area contributed by atoms with Crippen LogP contribution in [0.2, 0.25) is 0 Å². The van der Waals surface area contributed by atoms with Crippen LogP contribution in [0.1, 0.15) is 27.8 Å². The van der Waals surface area contributed by atoms with Crippen molar-refractivity contribution in [2.75, 3.05) is 0 Å². The summed E-state index contributed by atoms with van der Waals surface area (Å²) in [7, 11) is 0. The zero-order valence-electron chi connectivity index (χ0n) is 17.5. The third-order valence-corrected chi connectivity index (χ3v) is 5.71. The number of benzene rings is 4. The van der Waals surface area contributed by atoms with Crippen molar-refractivity contribution in [3.05, 3.63) is 143 Å². The van der Waals surface area contributed by atoms with Crippen molar-refractivity contribution in [3.8, 4) is 12.3 Å². The van der Waals surface area contributed by atoms with Crippen LogP contribution in [0.5, 0.6) is 0 Å². The lowest BCUT2D eigenvalue weighted by Gasteiger charge is -2.14. The molecule has 1 heteroatoms. The second-order valence-corrected chi connectivity index (χ2v) is 7.65. The maximum atomic E-state index is 14.1. The molecule has 0 unspecified atom stereocenters. The summed E-state index contributed by atoms with van der Waals surface area (Å²) in [6, 6.07) is 37.8. The quantitative estimate of drug-likeness (QED) is 0.341. The molecule has 4 aromatic rings. The first-order valence-corrected chi connectivity index (χ1v) is 10.5. The van der Waals surface area contributed by atoms with E-state index < -0.39 is 0 Å². The van der Waals surface area contributed by atoms with E-state index in [2.05, 4.69) is 18.1 Å². The molecule has 1 nitrogen and oxygen atoms in total. The van der Waals surface area contributed by atoms with Crippen molar-refractivity contribution < 1.29 is 4.79 Å². The number of rotatable bonds is 4. The number of carbonyl (C=O) groups excluding carboxylic acids is 1. The molecular formula is C31H20O. The third-order valence-electron chi connectivity index (χ3n) is 5.71. The highest BCUT2D eigenvalue weighted by Gasteiger charge is 2.35. The Labute approximate surface area is 188 Å². The van der Waals surface area contributed by atoms with Crippen LogP contribution in [-0.2, 0) is 4.79 Å². The molecule has 0 heterocycles. The summed E-state index contributed by atoms with van der Waals surface area (Å²) in [6.07, 6.45) is 5.71. The maximum absolute atomic E-state index is 14.1. The molecule has 1 aliphatic rings. The monoisotopic (exact) mass is 408 g/mol. The van der Waals surface area contributed by atoms with Gasteiger partial charge in [0.05, 0.1) is 0 Å². The summed E-state index contributed by atoms with van der Waals surface area (Å²) in [5, 5.41) is 0. The van der Waals surface area contributed by atoms with Gasteiger partial charge >= 0.3 is 0 Å². The van der Waals surface area contributed by atoms with Crippen LogP contribution in [0.3, 0.4) is 0 Å². The predicted octanol–water partition coefficient (Wildman–Crippen LogP) is 6.77. The standard InChI is InChI=1S/C31H20O/c1-2-22-13-12-20-26(21-22)28-27(23-14-6-3-7-15-23)29(24-16-8-4-9-17-24)31(32)30(28)25-18-10-5-11-19-25/h1,3-21H. The van der Waals surface area contributed by atoms with Crippen molar-refractivity contribution in [1.29, 1.82) is 0 Å². The first-order chi connectivity index (χ1) is 15.8. The van der Waals surface area contributed by atoms with Gasteiger partial charge in [-0.05, 0) is 34.4 Å². The Morgan fingerprint density at radius 3 is 1.34 bits per heavy atom.